The fourth-order valence-corrected chi connectivity index (χ4v) is 5.80. The molecule has 3 rings (SSSR count). The Kier molecular flexibility index (Phi) is 9.90. The zero-order valence-electron chi connectivity index (χ0n) is 22.2. The molecule has 0 spiro atoms. The number of nitrogens with one attached hydrogen (secondary N) is 1. The van der Waals surface area contributed by atoms with Crippen LogP contribution in [0.2, 0.25) is 0 Å². The first kappa shape index (κ1) is 29.2. The van der Waals surface area contributed by atoms with Gasteiger partial charge in [-0.3, -0.25) is 4.79 Å². The maximum absolute atomic E-state index is 13.6. The van der Waals surface area contributed by atoms with Crippen molar-refractivity contribution in [2.75, 3.05) is 20.2 Å². The molecule has 1 amide bonds. The van der Waals surface area contributed by atoms with Crippen LogP contribution >= 0.6 is 0 Å². The van der Waals surface area contributed by atoms with Crippen molar-refractivity contribution in [2.45, 2.75) is 44.2 Å². The van der Waals surface area contributed by atoms with Crippen LogP contribution in [0.3, 0.4) is 0 Å². The predicted molar refractivity (Wildman–Crippen MR) is 147 cm³/mol. The molecule has 38 heavy (non-hydrogen) atoms. The number of hydrogen-bond donors (Lipinski definition) is 3. The highest BCUT2D eigenvalue weighted by Crippen LogP contribution is 2.23. The summed E-state index contributed by atoms with van der Waals surface area (Å²) in [5, 5.41) is 24.3. The van der Waals surface area contributed by atoms with Gasteiger partial charge in [0.2, 0.25) is 10.0 Å². The number of carbonyl (C=O) groups is 1. The van der Waals surface area contributed by atoms with E-state index in [2.05, 4.69) is 5.32 Å². The van der Waals surface area contributed by atoms with Crippen LogP contribution < -0.4 is 10.1 Å². The average molecular weight is 541 g/mol. The largest absolute Gasteiger partial charge is 0.508 e. The molecule has 0 heterocycles. The summed E-state index contributed by atoms with van der Waals surface area (Å²) >= 11 is 0. The Labute approximate surface area is 224 Å². The third kappa shape index (κ3) is 7.34. The molecular formula is C29H36N2O6S. The van der Waals surface area contributed by atoms with Gasteiger partial charge in [0, 0.05) is 24.2 Å². The first-order chi connectivity index (χ1) is 18.0. The summed E-state index contributed by atoms with van der Waals surface area (Å²) in [6.07, 6.45) is -0.937. The molecule has 0 radical (unpaired) electrons. The fourth-order valence-electron chi connectivity index (χ4n) is 4.18. The number of methoxy groups -OCH3 is 1. The Bertz CT molecular complexity index is 1310. The van der Waals surface area contributed by atoms with Gasteiger partial charge in [-0.25, -0.2) is 8.42 Å². The van der Waals surface area contributed by atoms with E-state index in [-0.39, 0.29) is 41.6 Å². The van der Waals surface area contributed by atoms with Crippen molar-refractivity contribution in [1.82, 2.24) is 9.62 Å². The van der Waals surface area contributed by atoms with Gasteiger partial charge >= 0.3 is 0 Å². The third-order valence-corrected chi connectivity index (χ3v) is 8.13. The molecule has 0 saturated carbocycles. The minimum atomic E-state index is -3.94. The number of phenols is 1. The Morgan fingerprint density at radius 3 is 2.24 bits per heavy atom. The zero-order valence-corrected chi connectivity index (χ0v) is 23.0. The Morgan fingerprint density at radius 2 is 1.63 bits per heavy atom. The summed E-state index contributed by atoms with van der Waals surface area (Å²) in [5.41, 5.74) is 1.57. The van der Waals surface area contributed by atoms with Gasteiger partial charge in [0.15, 0.2) is 0 Å². The predicted octanol–water partition coefficient (Wildman–Crippen LogP) is 3.76. The summed E-state index contributed by atoms with van der Waals surface area (Å²) < 4.78 is 33.5. The second-order valence-corrected chi connectivity index (χ2v) is 11.6. The van der Waals surface area contributed by atoms with E-state index in [1.54, 1.807) is 31.2 Å². The number of nitrogens with zero attached hydrogens (tertiary/aromatic N) is 1. The number of hydrogen-bond acceptors (Lipinski definition) is 6. The molecule has 204 valence electrons. The first-order valence-corrected chi connectivity index (χ1v) is 13.9. The van der Waals surface area contributed by atoms with Crippen molar-refractivity contribution in [2.24, 2.45) is 5.92 Å². The molecule has 0 saturated heterocycles. The average Bonchev–Trinajstić information content (AvgIpc) is 2.89. The molecule has 0 aliphatic carbocycles. The van der Waals surface area contributed by atoms with Crippen LogP contribution in [0.25, 0.3) is 0 Å². The molecule has 0 bridgehead atoms. The molecule has 9 heteroatoms. The number of phenolic OH excluding ortho intramolecular Hbond substituents is 1. The van der Waals surface area contributed by atoms with Gasteiger partial charge in [-0.1, -0.05) is 50.2 Å². The molecule has 8 nitrogen and oxygen atoms in total. The minimum Gasteiger partial charge on any atom is -0.508 e. The number of ether oxygens (including phenoxy) is 1. The van der Waals surface area contributed by atoms with Crippen molar-refractivity contribution in [3.8, 4) is 11.5 Å². The normalized spacial score (nSPS) is 13.3. The smallest absolute Gasteiger partial charge is 0.252 e. The fraction of sp³-hybridized carbons (Fsp3) is 0.345. The molecule has 3 aromatic rings. The van der Waals surface area contributed by atoms with E-state index in [1.807, 2.05) is 44.2 Å². The highest BCUT2D eigenvalue weighted by molar-refractivity contribution is 7.89. The second-order valence-electron chi connectivity index (χ2n) is 9.68. The number of carbonyl (C=O) groups excluding carboxylic acids is 1. The van der Waals surface area contributed by atoms with Crippen LogP contribution in [0.1, 0.15) is 35.3 Å². The van der Waals surface area contributed by atoms with Crippen LogP contribution in [0.4, 0.5) is 0 Å². The first-order valence-electron chi connectivity index (χ1n) is 12.5. The molecular weight excluding hydrogens is 504 g/mol. The maximum atomic E-state index is 13.6. The molecule has 0 aliphatic heterocycles. The Morgan fingerprint density at radius 1 is 0.974 bits per heavy atom. The Hall–Kier alpha value is -3.40. The van der Waals surface area contributed by atoms with Gasteiger partial charge in [-0.05, 0) is 61.2 Å². The van der Waals surface area contributed by atoms with Crippen molar-refractivity contribution >= 4 is 15.9 Å². The van der Waals surface area contributed by atoms with Gasteiger partial charge in [-0.2, -0.15) is 4.31 Å². The van der Waals surface area contributed by atoms with Gasteiger partial charge < -0.3 is 20.3 Å². The maximum Gasteiger partial charge on any atom is 0.252 e. The zero-order chi connectivity index (χ0) is 27.9. The van der Waals surface area contributed by atoms with Crippen molar-refractivity contribution < 1.29 is 28.2 Å². The van der Waals surface area contributed by atoms with Crippen molar-refractivity contribution in [3.63, 3.8) is 0 Å². The van der Waals surface area contributed by atoms with E-state index in [0.29, 0.717) is 11.3 Å². The van der Waals surface area contributed by atoms with E-state index in [1.165, 1.54) is 29.6 Å². The van der Waals surface area contributed by atoms with Crippen LogP contribution in [-0.2, 0) is 16.4 Å². The summed E-state index contributed by atoms with van der Waals surface area (Å²) in [5.74, 6) is 0.0536. The number of amides is 1. The molecule has 0 aliphatic rings. The molecule has 0 aromatic heterocycles. The molecule has 0 fully saturated rings. The van der Waals surface area contributed by atoms with Gasteiger partial charge in [0.05, 0.1) is 24.2 Å². The van der Waals surface area contributed by atoms with Crippen molar-refractivity contribution in [3.05, 3.63) is 89.5 Å². The summed E-state index contributed by atoms with van der Waals surface area (Å²) in [6, 6.07) is 19.3. The number of aromatic hydroxyl groups is 1. The number of sulfonamides is 1. The van der Waals surface area contributed by atoms with Crippen LogP contribution in [0, 0.1) is 12.8 Å². The number of rotatable bonds is 12. The third-order valence-electron chi connectivity index (χ3n) is 6.29. The SMILES string of the molecule is COc1ccc(S(=O)(=O)N(CC(C)C)C[C@@H](O)[C@H](Cc2ccccc2)NC(=O)c2cccc(O)c2C)cc1. The standard InChI is InChI=1S/C29H36N2O6S/c1-20(2)18-31(38(35,36)24-15-13-23(37-4)14-16-24)19-28(33)26(17-22-9-6-5-7-10-22)30-29(34)25-11-8-12-27(32)21(25)3/h5-16,20,26,28,32-33H,17-19H2,1-4H3,(H,30,34)/t26-,28+/m0/s1. The van der Waals surface area contributed by atoms with Crippen LogP contribution in [-0.4, -0.2) is 61.2 Å². The quantitative estimate of drug-likeness (QED) is 0.322. The van der Waals surface area contributed by atoms with Crippen LogP contribution in [0.5, 0.6) is 11.5 Å². The second kappa shape index (κ2) is 12.9. The lowest BCUT2D eigenvalue weighted by molar-refractivity contribution is 0.0775. The van der Waals surface area contributed by atoms with Gasteiger partial charge in [0.1, 0.15) is 11.5 Å². The number of aliphatic hydroxyl groups excluding tert-OH is 1. The Balaban J connectivity index is 1.91. The van der Waals surface area contributed by atoms with Crippen molar-refractivity contribution in [1.29, 1.82) is 0 Å². The van der Waals surface area contributed by atoms with E-state index >= 15 is 0 Å². The molecule has 2 atom stereocenters. The molecule has 0 unspecified atom stereocenters. The lowest BCUT2D eigenvalue weighted by Crippen LogP contribution is -2.51. The number of benzene rings is 3. The van der Waals surface area contributed by atoms with Gasteiger partial charge in [-0.15, -0.1) is 0 Å². The monoisotopic (exact) mass is 540 g/mol. The highest BCUT2D eigenvalue weighted by atomic mass is 32.2. The highest BCUT2D eigenvalue weighted by Gasteiger charge is 2.31. The molecule has 3 N–H and O–H groups in total. The summed E-state index contributed by atoms with van der Waals surface area (Å²) in [7, 11) is -2.44. The number of aliphatic hydroxyl groups is 1. The van der Waals surface area contributed by atoms with E-state index in [4.69, 9.17) is 4.74 Å². The lowest BCUT2D eigenvalue weighted by Gasteiger charge is -2.31. The van der Waals surface area contributed by atoms with Crippen LogP contribution in [0.15, 0.2) is 77.7 Å². The topological polar surface area (TPSA) is 116 Å². The lowest BCUT2D eigenvalue weighted by atomic mass is 9.99. The van der Waals surface area contributed by atoms with Gasteiger partial charge in [0.25, 0.3) is 5.91 Å². The summed E-state index contributed by atoms with van der Waals surface area (Å²) in [6.45, 7) is 5.40. The van der Waals surface area contributed by atoms with E-state index in [9.17, 15) is 23.4 Å². The minimum absolute atomic E-state index is 0.00710. The van der Waals surface area contributed by atoms with E-state index < -0.39 is 28.1 Å². The molecule has 3 aromatic carbocycles. The summed E-state index contributed by atoms with van der Waals surface area (Å²) in [4.78, 5) is 13.3. The van der Waals surface area contributed by atoms with E-state index in [0.717, 1.165) is 5.56 Å².